The fourth-order valence-electron chi connectivity index (χ4n) is 4.03. The molecule has 4 atom stereocenters. The summed E-state index contributed by atoms with van der Waals surface area (Å²) in [5.41, 5.74) is -0.276. The van der Waals surface area contributed by atoms with Crippen LogP contribution in [0.5, 0.6) is 0 Å². The molecule has 0 aromatic rings. The lowest BCUT2D eigenvalue weighted by atomic mass is 9.69. The second kappa shape index (κ2) is 3.24. The molecule has 0 aromatic carbocycles. The first kappa shape index (κ1) is 12.3. The van der Waals surface area contributed by atoms with Crippen molar-refractivity contribution in [1.29, 1.82) is 0 Å². The summed E-state index contributed by atoms with van der Waals surface area (Å²) in [5.74, 6) is -1.99. The van der Waals surface area contributed by atoms with Crippen molar-refractivity contribution < 1.29 is 19.7 Å². The number of Topliss-reactive ketones (excluding diaryl/α,β-unsaturated/α-hetero) is 1. The van der Waals surface area contributed by atoms with E-state index in [-0.39, 0.29) is 11.7 Å². The van der Waals surface area contributed by atoms with Gasteiger partial charge in [0.2, 0.25) is 11.6 Å². The molecule has 18 heavy (non-hydrogen) atoms. The van der Waals surface area contributed by atoms with E-state index in [1.807, 2.05) is 13.8 Å². The van der Waals surface area contributed by atoms with Crippen molar-refractivity contribution in [3.8, 4) is 0 Å². The summed E-state index contributed by atoms with van der Waals surface area (Å²) in [6.07, 6.45) is 2.67. The third-order valence-electron chi connectivity index (χ3n) is 5.01. The molecule has 1 heterocycles. The van der Waals surface area contributed by atoms with Crippen LogP contribution in [0.15, 0.2) is 11.1 Å². The standard InChI is InChI=1S/C14H20O4/c1-8-4-5-9-10-12(2,6-7-14(8,10)17)18-13(3,16)11(9)15/h8,16-17H,4-7H2,1-3H3. The van der Waals surface area contributed by atoms with Gasteiger partial charge >= 0.3 is 0 Å². The Morgan fingerprint density at radius 1 is 1.28 bits per heavy atom. The summed E-state index contributed by atoms with van der Waals surface area (Å²) in [6.45, 7) is 5.30. The number of hydrogen-bond acceptors (Lipinski definition) is 4. The minimum absolute atomic E-state index is 0.137. The zero-order valence-electron chi connectivity index (χ0n) is 11.1. The van der Waals surface area contributed by atoms with Crippen LogP contribution in [0.2, 0.25) is 0 Å². The molecule has 0 saturated heterocycles. The SMILES string of the molecule is CC1CCC2=C3C(C)(CCC31O)OC(C)(O)C2=O. The average molecular weight is 252 g/mol. The second-order valence-corrected chi connectivity index (χ2v) is 6.36. The van der Waals surface area contributed by atoms with E-state index < -0.39 is 17.0 Å². The molecule has 0 spiro atoms. The van der Waals surface area contributed by atoms with Gasteiger partial charge in [0, 0.05) is 5.57 Å². The largest absolute Gasteiger partial charge is 0.385 e. The Labute approximate surface area is 107 Å². The molecule has 4 unspecified atom stereocenters. The fourth-order valence-corrected chi connectivity index (χ4v) is 4.03. The number of ether oxygens (including phenoxy) is 1. The van der Waals surface area contributed by atoms with Crippen LogP contribution in [0.25, 0.3) is 0 Å². The van der Waals surface area contributed by atoms with Crippen molar-refractivity contribution >= 4 is 5.78 Å². The van der Waals surface area contributed by atoms with Gasteiger partial charge in [0.25, 0.3) is 0 Å². The van der Waals surface area contributed by atoms with Gasteiger partial charge in [0.05, 0.1) is 11.2 Å². The summed E-state index contributed by atoms with van der Waals surface area (Å²) >= 11 is 0. The van der Waals surface area contributed by atoms with E-state index in [2.05, 4.69) is 0 Å². The molecule has 0 aromatic heterocycles. The van der Waals surface area contributed by atoms with E-state index in [1.54, 1.807) is 0 Å². The summed E-state index contributed by atoms with van der Waals surface area (Å²) < 4.78 is 5.64. The molecule has 2 aliphatic carbocycles. The predicted octanol–water partition coefficient (Wildman–Crippen LogP) is 1.30. The van der Waals surface area contributed by atoms with Gasteiger partial charge in [-0.05, 0) is 51.0 Å². The predicted molar refractivity (Wildman–Crippen MR) is 64.7 cm³/mol. The third kappa shape index (κ3) is 1.29. The van der Waals surface area contributed by atoms with E-state index in [0.29, 0.717) is 24.8 Å². The summed E-state index contributed by atoms with van der Waals surface area (Å²) in [6, 6.07) is 0. The quantitative estimate of drug-likeness (QED) is 0.682. The highest BCUT2D eigenvalue weighted by molar-refractivity contribution is 6.03. The van der Waals surface area contributed by atoms with Gasteiger partial charge in [-0.15, -0.1) is 0 Å². The lowest BCUT2D eigenvalue weighted by Crippen LogP contribution is -2.56. The molecule has 1 saturated carbocycles. The fraction of sp³-hybridized carbons (Fsp3) is 0.786. The van der Waals surface area contributed by atoms with E-state index in [1.165, 1.54) is 6.92 Å². The monoisotopic (exact) mass is 252 g/mol. The van der Waals surface area contributed by atoms with Crippen molar-refractivity contribution in [2.24, 2.45) is 5.92 Å². The maximum absolute atomic E-state index is 12.2. The molecule has 100 valence electrons. The maximum Gasteiger partial charge on any atom is 0.228 e. The Bertz CT molecular complexity index is 464. The summed E-state index contributed by atoms with van der Waals surface area (Å²) in [4.78, 5) is 12.2. The van der Waals surface area contributed by atoms with Crippen LogP contribution in [0.3, 0.4) is 0 Å². The molecule has 3 rings (SSSR count). The van der Waals surface area contributed by atoms with Gasteiger partial charge in [0.1, 0.15) is 0 Å². The van der Waals surface area contributed by atoms with Crippen LogP contribution in [0.4, 0.5) is 0 Å². The first-order valence-electron chi connectivity index (χ1n) is 6.64. The normalized spacial score (nSPS) is 51.6. The number of aliphatic hydroxyl groups is 2. The first-order chi connectivity index (χ1) is 8.21. The molecule has 3 aliphatic rings. The van der Waals surface area contributed by atoms with Crippen LogP contribution in [-0.2, 0) is 9.53 Å². The molecule has 2 N–H and O–H groups in total. The Hall–Kier alpha value is -0.710. The van der Waals surface area contributed by atoms with Gasteiger partial charge in [-0.25, -0.2) is 0 Å². The van der Waals surface area contributed by atoms with E-state index >= 15 is 0 Å². The Morgan fingerprint density at radius 3 is 2.61 bits per heavy atom. The number of carbonyl (C=O) groups excluding carboxylic acids is 1. The molecular formula is C14H20O4. The third-order valence-corrected chi connectivity index (χ3v) is 5.01. The highest BCUT2D eigenvalue weighted by atomic mass is 16.6. The highest BCUT2D eigenvalue weighted by Crippen LogP contribution is 2.57. The molecular weight excluding hydrogens is 232 g/mol. The van der Waals surface area contributed by atoms with Crippen LogP contribution < -0.4 is 0 Å². The van der Waals surface area contributed by atoms with E-state index in [0.717, 1.165) is 12.0 Å². The molecule has 1 fully saturated rings. The zero-order chi connectivity index (χ0) is 13.3. The topological polar surface area (TPSA) is 66.8 Å². The van der Waals surface area contributed by atoms with Crippen LogP contribution >= 0.6 is 0 Å². The van der Waals surface area contributed by atoms with Crippen molar-refractivity contribution in [2.45, 2.75) is 63.4 Å². The van der Waals surface area contributed by atoms with Gasteiger partial charge in [0.15, 0.2) is 0 Å². The Morgan fingerprint density at radius 2 is 1.94 bits per heavy atom. The molecule has 4 nitrogen and oxygen atoms in total. The zero-order valence-corrected chi connectivity index (χ0v) is 11.1. The number of hydrogen-bond donors (Lipinski definition) is 2. The van der Waals surface area contributed by atoms with Gasteiger partial charge in [-0.1, -0.05) is 6.92 Å². The van der Waals surface area contributed by atoms with Crippen molar-refractivity contribution in [3.05, 3.63) is 11.1 Å². The second-order valence-electron chi connectivity index (χ2n) is 6.36. The van der Waals surface area contributed by atoms with Crippen LogP contribution in [0.1, 0.15) is 46.5 Å². The molecule has 4 heteroatoms. The average Bonchev–Trinajstić information content (AvgIpc) is 2.53. The lowest BCUT2D eigenvalue weighted by Gasteiger charge is -2.47. The molecule has 0 amide bonds. The first-order valence-corrected chi connectivity index (χ1v) is 6.64. The molecule has 0 bridgehead atoms. The van der Waals surface area contributed by atoms with Gasteiger partial charge < -0.3 is 14.9 Å². The van der Waals surface area contributed by atoms with E-state index in [9.17, 15) is 15.0 Å². The smallest absolute Gasteiger partial charge is 0.228 e. The van der Waals surface area contributed by atoms with Gasteiger partial charge in [-0.3, -0.25) is 4.79 Å². The summed E-state index contributed by atoms with van der Waals surface area (Å²) in [5, 5.41) is 21.0. The Kier molecular flexibility index (Phi) is 2.22. The minimum Gasteiger partial charge on any atom is -0.385 e. The van der Waals surface area contributed by atoms with Crippen molar-refractivity contribution in [3.63, 3.8) is 0 Å². The number of rotatable bonds is 0. The van der Waals surface area contributed by atoms with Crippen molar-refractivity contribution in [1.82, 2.24) is 0 Å². The van der Waals surface area contributed by atoms with Gasteiger partial charge in [-0.2, -0.15) is 0 Å². The van der Waals surface area contributed by atoms with Crippen LogP contribution in [0, 0.1) is 5.92 Å². The Balaban J connectivity index is 2.23. The van der Waals surface area contributed by atoms with Crippen LogP contribution in [-0.4, -0.2) is 33.0 Å². The molecule has 1 aliphatic heterocycles. The summed E-state index contributed by atoms with van der Waals surface area (Å²) in [7, 11) is 0. The maximum atomic E-state index is 12.2. The lowest BCUT2D eigenvalue weighted by molar-refractivity contribution is -0.236. The highest BCUT2D eigenvalue weighted by Gasteiger charge is 2.62. The molecule has 0 radical (unpaired) electrons. The van der Waals surface area contributed by atoms with E-state index in [4.69, 9.17) is 4.74 Å². The number of ketones is 1. The number of carbonyl (C=O) groups is 1. The van der Waals surface area contributed by atoms with Crippen molar-refractivity contribution in [2.75, 3.05) is 0 Å². The minimum atomic E-state index is -1.75.